The van der Waals surface area contributed by atoms with Crippen LogP contribution in [0.2, 0.25) is 0 Å². The second-order valence-electron chi connectivity index (χ2n) is 5.84. The predicted octanol–water partition coefficient (Wildman–Crippen LogP) is 0.479. The summed E-state index contributed by atoms with van der Waals surface area (Å²) >= 11 is 0. The first-order valence-corrected chi connectivity index (χ1v) is 7.08. The van der Waals surface area contributed by atoms with Gasteiger partial charge in [0.1, 0.15) is 0 Å². The second-order valence-corrected chi connectivity index (χ2v) is 5.84. The number of hydrogen-bond donors (Lipinski definition) is 1. The van der Waals surface area contributed by atoms with E-state index in [1.54, 1.807) is 0 Å². The molecular formula is C14H26N4O. The maximum absolute atomic E-state index is 9.90. The van der Waals surface area contributed by atoms with Crippen LogP contribution in [0.5, 0.6) is 0 Å². The van der Waals surface area contributed by atoms with Crippen molar-refractivity contribution in [3.05, 3.63) is 17.5 Å². The van der Waals surface area contributed by atoms with Crippen LogP contribution in [0.3, 0.4) is 0 Å². The third kappa shape index (κ3) is 3.55. The average Bonchev–Trinajstić information content (AvgIpc) is 2.83. The third-order valence-corrected chi connectivity index (χ3v) is 3.84. The Hall–Kier alpha value is -0.910. The van der Waals surface area contributed by atoms with E-state index in [0.717, 1.165) is 38.2 Å². The Balaban J connectivity index is 2.05. The van der Waals surface area contributed by atoms with Crippen LogP contribution in [-0.4, -0.2) is 64.0 Å². The van der Waals surface area contributed by atoms with E-state index in [1.165, 1.54) is 5.69 Å². The lowest BCUT2D eigenvalue weighted by atomic mass is 10.2. The highest BCUT2D eigenvalue weighted by molar-refractivity contribution is 5.10. The van der Waals surface area contributed by atoms with Crippen LogP contribution < -0.4 is 0 Å². The highest BCUT2D eigenvalue weighted by Crippen LogP contribution is 2.21. The quantitative estimate of drug-likeness (QED) is 0.842. The summed E-state index contributed by atoms with van der Waals surface area (Å²) < 4.78 is 1.97. The number of aliphatic hydroxyl groups is 1. The van der Waals surface area contributed by atoms with E-state index in [4.69, 9.17) is 0 Å². The van der Waals surface area contributed by atoms with Gasteiger partial charge in [0.25, 0.3) is 0 Å². The number of aryl methyl sites for hydroxylation is 2. The minimum Gasteiger partial charge on any atom is -0.392 e. The van der Waals surface area contributed by atoms with E-state index in [1.807, 2.05) is 11.7 Å². The Kier molecular flexibility index (Phi) is 4.60. The van der Waals surface area contributed by atoms with Gasteiger partial charge in [0.2, 0.25) is 0 Å². The van der Waals surface area contributed by atoms with Gasteiger partial charge < -0.3 is 10.0 Å². The summed E-state index contributed by atoms with van der Waals surface area (Å²) in [6, 6.07) is 2.61. The summed E-state index contributed by atoms with van der Waals surface area (Å²) in [5.74, 6) is 0. The Bertz CT molecular complexity index is 416. The van der Waals surface area contributed by atoms with E-state index in [-0.39, 0.29) is 6.10 Å². The SMILES string of the molecule is CCc1cc(CN2CC(O)CC2CN(C)C)n(C)n1. The fraction of sp³-hybridized carbons (Fsp3) is 0.786. The molecule has 5 heteroatoms. The molecule has 5 nitrogen and oxygen atoms in total. The molecule has 2 atom stereocenters. The van der Waals surface area contributed by atoms with E-state index >= 15 is 0 Å². The van der Waals surface area contributed by atoms with Crippen molar-refractivity contribution in [2.45, 2.75) is 38.5 Å². The Labute approximate surface area is 115 Å². The Morgan fingerprint density at radius 3 is 2.79 bits per heavy atom. The van der Waals surface area contributed by atoms with Crippen molar-refractivity contribution in [1.29, 1.82) is 0 Å². The van der Waals surface area contributed by atoms with Crippen LogP contribution in [0.1, 0.15) is 24.7 Å². The van der Waals surface area contributed by atoms with E-state index in [0.29, 0.717) is 6.04 Å². The van der Waals surface area contributed by atoms with Crippen molar-refractivity contribution >= 4 is 0 Å². The molecule has 1 saturated heterocycles. The molecule has 1 aromatic heterocycles. The van der Waals surface area contributed by atoms with E-state index < -0.39 is 0 Å². The van der Waals surface area contributed by atoms with Crippen molar-refractivity contribution in [2.24, 2.45) is 7.05 Å². The highest BCUT2D eigenvalue weighted by Gasteiger charge is 2.31. The number of hydrogen-bond acceptors (Lipinski definition) is 4. The van der Waals surface area contributed by atoms with Gasteiger partial charge in [-0.1, -0.05) is 6.92 Å². The van der Waals surface area contributed by atoms with Gasteiger partial charge in [-0.2, -0.15) is 5.10 Å². The van der Waals surface area contributed by atoms with Gasteiger partial charge in [0.05, 0.1) is 17.5 Å². The molecule has 1 aromatic rings. The van der Waals surface area contributed by atoms with Crippen molar-refractivity contribution in [1.82, 2.24) is 19.6 Å². The summed E-state index contributed by atoms with van der Waals surface area (Å²) in [6.45, 7) is 4.76. The second kappa shape index (κ2) is 6.03. The minimum atomic E-state index is -0.191. The van der Waals surface area contributed by atoms with Crippen LogP contribution in [-0.2, 0) is 20.0 Å². The monoisotopic (exact) mass is 266 g/mol. The molecule has 108 valence electrons. The van der Waals surface area contributed by atoms with Crippen LogP contribution in [0.4, 0.5) is 0 Å². The normalized spacial score (nSPS) is 24.5. The zero-order valence-electron chi connectivity index (χ0n) is 12.5. The van der Waals surface area contributed by atoms with E-state index in [2.05, 4.69) is 42.0 Å². The number of likely N-dealkylation sites (tertiary alicyclic amines) is 1. The zero-order chi connectivity index (χ0) is 14.0. The number of β-amino-alcohol motifs (C(OH)–C–C–N with tert-alkyl or cyclic N) is 1. The van der Waals surface area contributed by atoms with Crippen LogP contribution in [0.25, 0.3) is 0 Å². The maximum atomic E-state index is 9.90. The molecule has 2 heterocycles. The molecule has 0 bridgehead atoms. The summed E-state index contributed by atoms with van der Waals surface area (Å²) in [7, 11) is 6.17. The van der Waals surface area contributed by atoms with Crippen LogP contribution in [0.15, 0.2) is 6.07 Å². The van der Waals surface area contributed by atoms with Crippen LogP contribution >= 0.6 is 0 Å². The van der Waals surface area contributed by atoms with Gasteiger partial charge in [-0.05, 0) is 33.0 Å². The molecule has 1 N–H and O–H groups in total. The van der Waals surface area contributed by atoms with Crippen molar-refractivity contribution in [2.75, 3.05) is 27.2 Å². The number of rotatable bonds is 5. The Morgan fingerprint density at radius 1 is 1.47 bits per heavy atom. The smallest absolute Gasteiger partial charge is 0.0682 e. The van der Waals surface area contributed by atoms with Gasteiger partial charge in [-0.15, -0.1) is 0 Å². The first-order valence-electron chi connectivity index (χ1n) is 7.08. The third-order valence-electron chi connectivity index (χ3n) is 3.84. The standard InChI is InChI=1S/C14H26N4O/c1-5-11-6-12(17(4)15-11)9-18-10-14(19)7-13(18)8-16(2)3/h6,13-14,19H,5,7-10H2,1-4H3. The molecular weight excluding hydrogens is 240 g/mol. The van der Waals surface area contributed by atoms with Gasteiger partial charge >= 0.3 is 0 Å². The molecule has 0 aliphatic carbocycles. The predicted molar refractivity (Wildman–Crippen MR) is 76.0 cm³/mol. The molecule has 0 radical (unpaired) electrons. The maximum Gasteiger partial charge on any atom is 0.0682 e. The topological polar surface area (TPSA) is 44.5 Å². The van der Waals surface area contributed by atoms with E-state index in [9.17, 15) is 5.11 Å². The molecule has 1 aliphatic rings. The first-order chi connectivity index (χ1) is 8.99. The molecule has 19 heavy (non-hydrogen) atoms. The van der Waals surface area contributed by atoms with Crippen molar-refractivity contribution in [3.63, 3.8) is 0 Å². The summed E-state index contributed by atoms with van der Waals surface area (Å²) in [6.07, 6.45) is 1.65. The molecule has 2 unspecified atom stereocenters. The fourth-order valence-corrected chi connectivity index (χ4v) is 2.86. The molecule has 2 rings (SSSR count). The lowest BCUT2D eigenvalue weighted by Crippen LogP contribution is -2.37. The van der Waals surface area contributed by atoms with Crippen LogP contribution in [0, 0.1) is 0 Å². The molecule has 0 saturated carbocycles. The van der Waals surface area contributed by atoms with Crippen molar-refractivity contribution in [3.8, 4) is 0 Å². The van der Waals surface area contributed by atoms with Gasteiger partial charge in [-0.3, -0.25) is 9.58 Å². The molecule has 0 amide bonds. The molecule has 0 spiro atoms. The average molecular weight is 266 g/mol. The number of likely N-dealkylation sites (N-methyl/N-ethyl adjacent to an activating group) is 1. The van der Waals surface area contributed by atoms with Gasteiger partial charge in [0, 0.05) is 32.7 Å². The number of aliphatic hydroxyl groups excluding tert-OH is 1. The molecule has 1 fully saturated rings. The van der Waals surface area contributed by atoms with Crippen molar-refractivity contribution < 1.29 is 5.11 Å². The Morgan fingerprint density at radius 2 is 2.21 bits per heavy atom. The highest BCUT2D eigenvalue weighted by atomic mass is 16.3. The fourth-order valence-electron chi connectivity index (χ4n) is 2.86. The summed E-state index contributed by atoms with van der Waals surface area (Å²) in [5.41, 5.74) is 2.37. The van der Waals surface area contributed by atoms with Gasteiger partial charge in [0.15, 0.2) is 0 Å². The number of aromatic nitrogens is 2. The lowest BCUT2D eigenvalue weighted by Gasteiger charge is -2.26. The lowest BCUT2D eigenvalue weighted by molar-refractivity contribution is 0.167. The molecule has 0 aromatic carbocycles. The summed E-state index contributed by atoms with van der Waals surface area (Å²) in [4.78, 5) is 4.57. The minimum absolute atomic E-state index is 0.191. The largest absolute Gasteiger partial charge is 0.392 e. The first kappa shape index (κ1) is 14.5. The number of nitrogens with zero attached hydrogens (tertiary/aromatic N) is 4. The van der Waals surface area contributed by atoms with Gasteiger partial charge in [-0.25, -0.2) is 0 Å². The summed E-state index contributed by atoms with van der Waals surface area (Å²) in [5, 5.41) is 14.4. The molecule has 1 aliphatic heterocycles. The zero-order valence-corrected chi connectivity index (χ0v) is 12.5.